The van der Waals surface area contributed by atoms with E-state index in [9.17, 15) is 4.79 Å². The molecule has 0 aliphatic carbocycles. The Labute approximate surface area is 71.5 Å². The molecule has 1 fully saturated rings. The van der Waals surface area contributed by atoms with Crippen LogP contribution in [0.3, 0.4) is 0 Å². The normalized spacial score (nSPS) is 27.7. The van der Waals surface area contributed by atoms with Crippen molar-refractivity contribution < 1.29 is 4.79 Å². The number of amides is 1. The van der Waals surface area contributed by atoms with Crippen molar-refractivity contribution in [3.63, 3.8) is 0 Å². The monoisotopic (exact) mass is 176 g/mol. The molecule has 2 N–H and O–H groups in total. The molecule has 1 rings (SSSR count). The molecule has 1 amide bonds. The summed E-state index contributed by atoms with van der Waals surface area (Å²) in [6, 6.07) is 0.131. The Morgan fingerprint density at radius 1 is 1.91 bits per heavy atom. The van der Waals surface area contributed by atoms with E-state index in [-0.39, 0.29) is 17.3 Å². The summed E-state index contributed by atoms with van der Waals surface area (Å²) in [6.07, 6.45) is 0.464. The van der Waals surface area contributed by atoms with Gasteiger partial charge in [0.2, 0.25) is 5.91 Å². The Hall–Kier alpha value is -0.280. The second-order valence-corrected chi connectivity index (χ2v) is 3.55. The quantitative estimate of drug-likeness (QED) is 0.610. The SMILES string of the molecule is CC(CN)N1CC(Cl)CC1=O. The van der Waals surface area contributed by atoms with Crippen molar-refractivity contribution in [2.24, 2.45) is 5.73 Å². The van der Waals surface area contributed by atoms with Gasteiger partial charge in [0.05, 0.1) is 5.38 Å². The van der Waals surface area contributed by atoms with Crippen LogP contribution < -0.4 is 5.73 Å². The maximum Gasteiger partial charge on any atom is 0.224 e. The molecule has 0 radical (unpaired) electrons. The molecule has 2 atom stereocenters. The van der Waals surface area contributed by atoms with Gasteiger partial charge in [0.25, 0.3) is 0 Å². The molecule has 2 unspecified atom stereocenters. The maximum atomic E-state index is 11.2. The van der Waals surface area contributed by atoms with E-state index in [0.29, 0.717) is 19.5 Å². The summed E-state index contributed by atoms with van der Waals surface area (Å²) < 4.78 is 0. The van der Waals surface area contributed by atoms with Crippen LogP contribution in [0.1, 0.15) is 13.3 Å². The zero-order valence-electron chi connectivity index (χ0n) is 6.59. The van der Waals surface area contributed by atoms with Gasteiger partial charge in [-0.15, -0.1) is 11.6 Å². The molecule has 0 spiro atoms. The van der Waals surface area contributed by atoms with Crippen LogP contribution in [0.25, 0.3) is 0 Å². The lowest BCUT2D eigenvalue weighted by atomic mass is 10.3. The molecule has 3 nitrogen and oxygen atoms in total. The van der Waals surface area contributed by atoms with Gasteiger partial charge in [-0.1, -0.05) is 0 Å². The van der Waals surface area contributed by atoms with Crippen LogP contribution in [0.2, 0.25) is 0 Å². The van der Waals surface area contributed by atoms with Gasteiger partial charge in [0, 0.05) is 25.6 Å². The third-order valence-corrected chi connectivity index (χ3v) is 2.28. The van der Waals surface area contributed by atoms with E-state index >= 15 is 0 Å². The highest BCUT2D eigenvalue weighted by Crippen LogP contribution is 2.17. The fraction of sp³-hybridized carbons (Fsp3) is 0.857. The lowest BCUT2D eigenvalue weighted by Gasteiger charge is -2.22. The van der Waals surface area contributed by atoms with Gasteiger partial charge in [-0.05, 0) is 6.92 Å². The summed E-state index contributed by atoms with van der Waals surface area (Å²) in [5, 5.41) is -0.0171. The summed E-state index contributed by atoms with van der Waals surface area (Å²) in [6.45, 7) is 3.10. The van der Waals surface area contributed by atoms with Crippen molar-refractivity contribution in [1.82, 2.24) is 4.90 Å². The minimum absolute atomic E-state index is 0.0171. The van der Waals surface area contributed by atoms with E-state index in [2.05, 4.69) is 0 Å². The number of likely N-dealkylation sites (tertiary alicyclic amines) is 1. The molecule has 1 heterocycles. The van der Waals surface area contributed by atoms with Crippen LogP contribution in [0.15, 0.2) is 0 Å². The molecule has 1 saturated heterocycles. The van der Waals surface area contributed by atoms with E-state index < -0.39 is 0 Å². The van der Waals surface area contributed by atoms with Crippen LogP contribution in [0.4, 0.5) is 0 Å². The first-order chi connectivity index (χ1) is 5.15. The highest BCUT2D eigenvalue weighted by Gasteiger charge is 2.30. The summed E-state index contributed by atoms with van der Waals surface area (Å²) in [4.78, 5) is 12.9. The Balaban J connectivity index is 2.52. The summed E-state index contributed by atoms with van der Waals surface area (Å²) >= 11 is 5.80. The summed E-state index contributed by atoms with van der Waals surface area (Å²) in [5.74, 6) is 0.128. The van der Waals surface area contributed by atoms with Crippen LogP contribution in [-0.2, 0) is 4.79 Å². The molecular formula is C7H13ClN2O. The van der Waals surface area contributed by atoms with Crippen LogP contribution in [0.5, 0.6) is 0 Å². The van der Waals surface area contributed by atoms with E-state index in [1.54, 1.807) is 4.90 Å². The van der Waals surface area contributed by atoms with Crippen molar-refractivity contribution in [2.45, 2.75) is 24.8 Å². The Bertz CT molecular complexity index is 163. The van der Waals surface area contributed by atoms with Gasteiger partial charge < -0.3 is 10.6 Å². The molecule has 64 valence electrons. The van der Waals surface area contributed by atoms with Crippen LogP contribution >= 0.6 is 11.6 Å². The van der Waals surface area contributed by atoms with Gasteiger partial charge in [-0.2, -0.15) is 0 Å². The Morgan fingerprint density at radius 2 is 2.55 bits per heavy atom. The molecule has 1 aliphatic heterocycles. The largest absolute Gasteiger partial charge is 0.337 e. The number of rotatable bonds is 2. The van der Waals surface area contributed by atoms with E-state index in [1.165, 1.54) is 0 Å². The predicted molar refractivity (Wildman–Crippen MR) is 44.5 cm³/mol. The number of hydrogen-bond donors (Lipinski definition) is 1. The number of carbonyl (C=O) groups is 1. The smallest absolute Gasteiger partial charge is 0.224 e. The average Bonchev–Trinajstić information content (AvgIpc) is 2.28. The van der Waals surface area contributed by atoms with Gasteiger partial charge in [-0.3, -0.25) is 4.79 Å². The van der Waals surface area contributed by atoms with Crippen molar-refractivity contribution in [1.29, 1.82) is 0 Å². The second kappa shape index (κ2) is 3.41. The number of carbonyl (C=O) groups excluding carboxylic acids is 1. The number of halogens is 1. The Kier molecular flexibility index (Phi) is 2.73. The van der Waals surface area contributed by atoms with Crippen molar-refractivity contribution >= 4 is 17.5 Å². The van der Waals surface area contributed by atoms with E-state index in [1.807, 2.05) is 6.92 Å². The van der Waals surface area contributed by atoms with Crippen molar-refractivity contribution in [3.05, 3.63) is 0 Å². The third-order valence-electron chi connectivity index (χ3n) is 1.98. The molecule has 0 aromatic heterocycles. The first-order valence-corrected chi connectivity index (χ1v) is 4.22. The topological polar surface area (TPSA) is 46.3 Å². The molecule has 4 heteroatoms. The average molecular weight is 177 g/mol. The summed E-state index contributed by atoms with van der Waals surface area (Å²) in [5.41, 5.74) is 5.42. The lowest BCUT2D eigenvalue weighted by Crippen LogP contribution is -2.39. The zero-order chi connectivity index (χ0) is 8.43. The van der Waals surface area contributed by atoms with Crippen molar-refractivity contribution in [3.8, 4) is 0 Å². The fourth-order valence-electron chi connectivity index (χ4n) is 1.24. The Morgan fingerprint density at radius 3 is 2.91 bits per heavy atom. The van der Waals surface area contributed by atoms with E-state index in [4.69, 9.17) is 17.3 Å². The first-order valence-electron chi connectivity index (χ1n) is 3.78. The molecule has 1 aliphatic rings. The lowest BCUT2D eigenvalue weighted by molar-refractivity contribution is -0.129. The first kappa shape index (κ1) is 8.81. The second-order valence-electron chi connectivity index (χ2n) is 2.93. The molecular weight excluding hydrogens is 164 g/mol. The zero-order valence-corrected chi connectivity index (χ0v) is 7.34. The van der Waals surface area contributed by atoms with Crippen LogP contribution in [0, 0.1) is 0 Å². The number of hydrogen-bond acceptors (Lipinski definition) is 2. The van der Waals surface area contributed by atoms with Gasteiger partial charge in [0.1, 0.15) is 0 Å². The van der Waals surface area contributed by atoms with Gasteiger partial charge in [0.15, 0.2) is 0 Å². The van der Waals surface area contributed by atoms with Gasteiger partial charge in [-0.25, -0.2) is 0 Å². The summed E-state index contributed by atoms with van der Waals surface area (Å²) in [7, 11) is 0. The fourth-order valence-corrected chi connectivity index (χ4v) is 1.52. The number of nitrogens with two attached hydrogens (primary N) is 1. The van der Waals surface area contributed by atoms with E-state index in [0.717, 1.165) is 0 Å². The minimum Gasteiger partial charge on any atom is -0.337 e. The minimum atomic E-state index is -0.0171. The van der Waals surface area contributed by atoms with Crippen LogP contribution in [-0.4, -0.2) is 35.3 Å². The molecule has 0 aromatic rings. The van der Waals surface area contributed by atoms with Gasteiger partial charge >= 0.3 is 0 Å². The maximum absolute atomic E-state index is 11.2. The predicted octanol–water partition coefficient (Wildman–Crippen LogP) is 0.173. The molecule has 0 saturated carbocycles. The highest BCUT2D eigenvalue weighted by molar-refractivity contribution is 6.22. The standard InChI is InChI=1S/C7H13ClN2O/c1-5(3-9)10-4-6(8)2-7(10)11/h5-6H,2-4,9H2,1H3. The number of alkyl halides is 1. The van der Waals surface area contributed by atoms with Crippen molar-refractivity contribution in [2.75, 3.05) is 13.1 Å². The number of nitrogens with zero attached hydrogens (tertiary/aromatic N) is 1. The molecule has 0 aromatic carbocycles. The third kappa shape index (κ3) is 1.84. The molecule has 0 bridgehead atoms. The molecule has 11 heavy (non-hydrogen) atoms. The highest BCUT2D eigenvalue weighted by atomic mass is 35.5.